The van der Waals surface area contributed by atoms with Crippen LogP contribution in [0.2, 0.25) is 5.02 Å². The van der Waals surface area contributed by atoms with Gasteiger partial charge in [0.05, 0.1) is 31.1 Å². The van der Waals surface area contributed by atoms with Crippen molar-refractivity contribution >= 4 is 50.3 Å². The molecule has 34 heavy (non-hydrogen) atoms. The van der Waals surface area contributed by atoms with Gasteiger partial charge in [0.2, 0.25) is 0 Å². The van der Waals surface area contributed by atoms with E-state index >= 15 is 0 Å². The first-order chi connectivity index (χ1) is 16.4. The fourth-order valence-electron chi connectivity index (χ4n) is 3.52. The molecule has 0 N–H and O–H groups in total. The first-order valence-corrected chi connectivity index (χ1v) is 12.2. The number of thiazole rings is 1. The minimum Gasteiger partial charge on any atom is -0.494 e. The zero-order valence-corrected chi connectivity index (χ0v) is 21.7. The van der Waals surface area contributed by atoms with Crippen LogP contribution in [0.3, 0.4) is 0 Å². The molecule has 0 bridgehead atoms. The van der Waals surface area contributed by atoms with Crippen LogP contribution in [-0.4, -0.2) is 63.3 Å². The minimum atomic E-state index is -0.170. The van der Waals surface area contributed by atoms with E-state index in [0.29, 0.717) is 39.5 Å². The van der Waals surface area contributed by atoms with Crippen LogP contribution in [0.15, 0.2) is 36.4 Å². The maximum Gasteiger partial charge on any atom is 0.252 e. The third-order valence-corrected chi connectivity index (χ3v) is 7.06. The largest absolute Gasteiger partial charge is 0.494 e. The highest BCUT2D eigenvalue weighted by atomic mass is 35.5. The zero-order chi connectivity index (χ0) is 24.7. The summed E-state index contributed by atoms with van der Waals surface area (Å²) in [6.45, 7) is 7.24. The van der Waals surface area contributed by atoms with Crippen molar-refractivity contribution in [2.75, 3.05) is 52.4 Å². The van der Waals surface area contributed by atoms with Crippen molar-refractivity contribution < 1.29 is 19.0 Å². The predicted octanol–water partition coefficient (Wildman–Crippen LogP) is 5.36. The van der Waals surface area contributed by atoms with Gasteiger partial charge >= 0.3 is 0 Å². The van der Waals surface area contributed by atoms with Crippen LogP contribution < -0.4 is 19.1 Å². The van der Waals surface area contributed by atoms with E-state index < -0.39 is 0 Å². The number of nitrogens with zero attached hydrogens (tertiary/aromatic N) is 3. The summed E-state index contributed by atoms with van der Waals surface area (Å²) in [6, 6.07) is 9.07. The number of hydrogen-bond donors (Lipinski definition) is 0. The number of carbonyl (C=O) groups is 1. The number of carbonyl (C=O) groups excluding carboxylic acids is 1. The molecule has 0 radical (unpaired) electrons. The van der Waals surface area contributed by atoms with Gasteiger partial charge in [0.1, 0.15) is 11.3 Å². The number of likely N-dealkylation sites (N-methyl/N-ethyl adjacent to an activating group) is 1. The molecule has 0 aliphatic heterocycles. The van der Waals surface area contributed by atoms with Gasteiger partial charge in [-0.25, -0.2) is 4.98 Å². The Labute approximate surface area is 209 Å². The van der Waals surface area contributed by atoms with Crippen molar-refractivity contribution in [3.05, 3.63) is 47.0 Å². The summed E-state index contributed by atoms with van der Waals surface area (Å²) in [5.41, 5.74) is 1.48. The van der Waals surface area contributed by atoms with Crippen LogP contribution in [0.4, 0.5) is 5.13 Å². The molecule has 1 heterocycles. The summed E-state index contributed by atoms with van der Waals surface area (Å²) < 4.78 is 16.9. The van der Waals surface area contributed by atoms with Gasteiger partial charge in [-0.2, -0.15) is 0 Å². The number of amides is 1. The number of anilines is 1. The lowest BCUT2D eigenvalue weighted by molar-refractivity contribution is -0.114. The van der Waals surface area contributed by atoms with Crippen molar-refractivity contribution in [1.29, 1.82) is 0 Å². The summed E-state index contributed by atoms with van der Waals surface area (Å²) in [6.07, 6.45) is 3.31. The van der Waals surface area contributed by atoms with Crippen molar-refractivity contribution in [3.8, 4) is 17.2 Å². The van der Waals surface area contributed by atoms with E-state index in [2.05, 4.69) is 18.7 Å². The maximum absolute atomic E-state index is 13.4. The third-order valence-electron chi connectivity index (χ3n) is 5.52. The Hall–Kier alpha value is -2.81. The second kappa shape index (κ2) is 12.1. The molecule has 2 aromatic carbocycles. The predicted molar refractivity (Wildman–Crippen MR) is 140 cm³/mol. The molecule has 0 fully saturated rings. The molecule has 0 saturated heterocycles. The number of rotatable bonds is 11. The molecule has 9 heteroatoms. The molecule has 0 atom stereocenters. The lowest BCUT2D eigenvalue weighted by Crippen LogP contribution is -2.38. The average molecular weight is 504 g/mol. The number of hydrogen-bond acceptors (Lipinski definition) is 7. The van der Waals surface area contributed by atoms with Crippen LogP contribution in [0.25, 0.3) is 16.3 Å². The SMILES string of the molecule is CCN(CC)CCN(C(=O)/C=C/c1ccc(OC)c(OC)c1)c1nc2c(OC)ccc(Cl)c2s1. The number of halogens is 1. The lowest BCUT2D eigenvalue weighted by atomic mass is 10.2. The number of ether oxygens (including phenoxy) is 3. The van der Waals surface area contributed by atoms with E-state index in [1.54, 1.807) is 50.5 Å². The smallest absolute Gasteiger partial charge is 0.252 e. The van der Waals surface area contributed by atoms with Gasteiger partial charge < -0.3 is 19.1 Å². The first-order valence-electron chi connectivity index (χ1n) is 11.0. The second-order valence-electron chi connectivity index (χ2n) is 7.39. The zero-order valence-electron chi connectivity index (χ0n) is 20.1. The van der Waals surface area contributed by atoms with E-state index in [4.69, 9.17) is 30.8 Å². The van der Waals surface area contributed by atoms with Gasteiger partial charge in [-0.1, -0.05) is 42.9 Å². The third kappa shape index (κ3) is 5.81. The molecule has 0 unspecified atom stereocenters. The van der Waals surface area contributed by atoms with E-state index in [1.165, 1.54) is 11.3 Å². The van der Waals surface area contributed by atoms with Crippen LogP contribution >= 0.6 is 22.9 Å². The van der Waals surface area contributed by atoms with E-state index in [-0.39, 0.29) is 5.91 Å². The van der Waals surface area contributed by atoms with Gasteiger partial charge in [-0.3, -0.25) is 9.69 Å². The monoisotopic (exact) mass is 503 g/mol. The Morgan fingerprint density at radius 1 is 1.00 bits per heavy atom. The van der Waals surface area contributed by atoms with Gasteiger partial charge in [0, 0.05) is 19.2 Å². The molecule has 3 aromatic rings. The lowest BCUT2D eigenvalue weighted by Gasteiger charge is -2.23. The fourth-order valence-corrected chi connectivity index (χ4v) is 4.80. The summed E-state index contributed by atoms with van der Waals surface area (Å²) in [5.74, 6) is 1.69. The average Bonchev–Trinajstić information content (AvgIpc) is 3.31. The first kappa shape index (κ1) is 25.8. The molecule has 7 nitrogen and oxygen atoms in total. The number of methoxy groups -OCH3 is 3. The molecule has 0 spiro atoms. The molecule has 0 aliphatic carbocycles. The standard InChI is InChI=1S/C25H30ClN3O4S/c1-6-28(7-2)14-15-29(25-27-23-20(32-4)12-10-18(26)24(23)34-25)22(30)13-9-17-8-11-19(31-3)21(16-17)33-5/h8-13,16H,6-7,14-15H2,1-5H3/b13-9+. The molecular formula is C25H30ClN3O4S. The normalized spacial score (nSPS) is 11.4. The summed E-state index contributed by atoms with van der Waals surface area (Å²) in [4.78, 5) is 22.0. The van der Waals surface area contributed by atoms with Gasteiger partial charge in [0.15, 0.2) is 16.6 Å². The minimum absolute atomic E-state index is 0.170. The highest BCUT2D eigenvalue weighted by Crippen LogP contribution is 2.38. The van der Waals surface area contributed by atoms with Crippen molar-refractivity contribution in [2.24, 2.45) is 0 Å². The summed E-state index contributed by atoms with van der Waals surface area (Å²) in [5, 5.41) is 1.16. The molecule has 0 aliphatic rings. The Morgan fingerprint density at radius 2 is 1.68 bits per heavy atom. The number of aromatic nitrogens is 1. The highest BCUT2D eigenvalue weighted by Gasteiger charge is 2.21. The molecule has 3 rings (SSSR count). The van der Waals surface area contributed by atoms with Gasteiger partial charge in [0.25, 0.3) is 5.91 Å². The van der Waals surface area contributed by atoms with Gasteiger partial charge in [-0.05, 0) is 49.0 Å². The Bertz CT molecular complexity index is 1160. The maximum atomic E-state index is 13.4. The fraction of sp³-hybridized carbons (Fsp3) is 0.360. The van der Waals surface area contributed by atoms with Crippen molar-refractivity contribution in [1.82, 2.24) is 9.88 Å². The van der Waals surface area contributed by atoms with Crippen molar-refractivity contribution in [3.63, 3.8) is 0 Å². The van der Waals surface area contributed by atoms with Crippen molar-refractivity contribution in [2.45, 2.75) is 13.8 Å². The summed E-state index contributed by atoms with van der Waals surface area (Å²) >= 11 is 7.80. The molecule has 1 amide bonds. The molecule has 1 aromatic heterocycles. The summed E-state index contributed by atoms with van der Waals surface area (Å²) in [7, 11) is 4.76. The highest BCUT2D eigenvalue weighted by molar-refractivity contribution is 7.23. The number of fused-ring (bicyclic) bond motifs is 1. The van der Waals surface area contributed by atoms with Crippen LogP contribution in [0.5, 0.6) is 17.2 Å². The second-order valence-corrected chi connectivity index (χ2v) is 8.77. The van der Waals surface area contributed by atoms with Crippen LogP contribution in [-0.2, 0) is 4.79 Å². The van der Waals surface area contributed by atoms with E-state index in [0.717, 1.165) is 29.9 Å². The van der Waals surface area contributed by atoms with Crippen LogP contribution in [0.1, 0.15) is 19.4 Å². The Balaban J connectivity index is 1.94. The quantitative estimate of drug-likeness (QED) is 0.328. The van der Waals surface area contributed by atoms with Gasteiger partial charge in [-0.15, -0.1) is 0 Å². The Kier molecular flexibility index (Phi) is 9.15. The molecule has 182 valence electrons. The number of benzene rings is 2. The van der Waals surface area contributed by atoms with E-state index in [1.807, 2.05) is 18.2 Å². The van der Waals surface area contributed by atoms with E-state index in [9.17, 15) is 4.79 Å². The Morgan fingerprint density at radius 3 is 2.32 bits per heavy atom. The molecule has 0 saturated carbocycles. The molecular weight excluding hydrogens is 474 g/mol. The van der Waals surface area contributed by atoms with Crippen LogP contribution in [0, 0.1) is 0 Å². The topological polar surface area (TPSA) is 64.1 Å².